The molecule has 0 radical (unpaired) electrons. The van der Waals surface area contributed by atoms with E-state index in [4.69, 9.17) is 14.7 Å². The summed E-state index contributed by atoms with van der Waals surface area (Å²) in [4.78, 5) is 40.2. The topological polar surface area (TPSA) is 114 Å². The zero-order chi connectivity index (χ0) is 21.5. The Morgan fingerprint density at radius 2 is 1.63 bits per heavy atom. The molecular formula is C22H24N2O6. The summed E-state index contributed by atoms with van der Waals surface area (Å²) in [5, 5.41) is 11.3. The number of carboxylic acids is 1. The zero-order valence-corrected chi connectivity index (χ0v) is 16.6. The van der Waals surface area contributed by atoms with Crippen LogP contribution >= 0.6 is 0 Å². The number of benzene rings is 2. The number of hydrogen-bond acceptors (Lipinski definition) is 5. The molecule has 1 unspecified atom stereocenters. The highest BCUT2D eigenvalue weighted by molar-refractivity contribution is 5.85. The third-order valence-corrected chi connectivity index (χ3v) is 4.92. The summed E-state index contributed by atoms with van der Waals surface area (Å²) in [7, 11) is 0. The van der Waals surface area contributed by atoms with Crippen LogP contribution in [0.15, 0.2) is 48.5 Å². The summed E-state index contributed by atoms with van der Waals surface area (Å²) in [5.41, 5.74) is 6.54. The van der Waals surface area contributed by atoms with Crippen molar-refractivity contribution in [1.29, 1.82) is 0 Å². The van der Waals surface area contributed by atoms with E-state index >= 15 is 0 Å². The van der Waals surface area contributed by atoms with Gasteiger partial charge in [0.1, 0.15) is 12.6 Å². The normalized spacial score (nSPS) is 13.1. The van der Waals surface area contributed by atoms with E-state index in [9.17, 15) is 14.4 Å². The molecule has 0 bridgehead atoms. The number of rotatable bonds is 9. The van der Waals surface area contributed by atoms with Gasteiger partial charge in [-0.05, 0) is 35.6 Å². The lowest BCUT2D eigenvalue weighted by Gasteiger charge is -2.19. The Morgan fingerprint density at radius 3 is 2.20 bits per heavy atom. The molecule has 0 saturated heterocycles. The molecule has 0 saturated carbocycles. The van der Waals surface area contributed by atoms with Crippen LogP contribution in [-0.2, 0) is 19.2 Å². The molecule has 2 aromatic rings. The van der Waals surface area contributed by atoms with Crippen molar-refractivity contribution in [3.05, 3.63) is 59.7 Å². The van der Waals surface area contributed by atoms with Crippen LogP contribution in [0.3, 0.4) is 0 Å². The van der Waals surface area contributed by atoms with Gasteiger partial charge in [0.05, 0.1) is 6.61 Å². The fourth-order valence-corrected chi connectivity index (χ4v) is 3.53. The molecule has 3 rings (SSSR count). The summed E-state index contributed by atoms with van der Waals surface area (Å²) in [6.07, 6.45) is -1.16. The van der Waals surface area contributed by atoms with Crippen LogP contribution in [0.2, 0.25) is 0 Å². The number of ether oxygens (including phenoxy) is 1. The van der Waals surface area contributed by atoms with Crippen molar-refractivity contribution in [2.45, 2.75) is 31.7 Å². The molecule has 0 fully saturated rings. The van der Waals surface area contributed by atoms with Crippen molar-refractivity contribution in [3.8, 4) is 11.1 Å². The summed E-state index contributed by atoms with van der Waals surface area (Å²) < 4.78 is 5.41. The first-order valence-corrected chi connectivity index (χ1v) is 9.76. The van der Waals surface area contributed by atoms with Crippen LogP contribution in [0.1, 0.15) is 36.8 Å². The van der Waals surface area contributed by atoms with E-state index in [1.807, 2.05) is 48.5 Å². The quantitative estimate of drug-likeness (QED) is 0.546. The predicted octanol–water partition coefficient (Wildman–Crippen LogP) is 2.83. The van der Waals surface area contributed by atoms with Gasteiger partial charge in [-0.15, -0.1) is 0 Å². The van der Waals surface area contributed by atoms with Gasteiger partial charge >= 0.3 is 12.1 Å². The number of alkyl carbamates (subject to hydrolysis) is 1. The number of nitrogens with one attached hydrogen (secondary N) is 2. The molecule has 8 heteroatoms. The molecule has 1 aliphatic carbocycles. The van der Waals surface area contributed by atoms with Gasteiger partial charge in [-0.3, -0.25) is 14.4 Å². The molecule has 0 aliphatic heterocycles. The Hall–Kier alpha value is -3.39. The van der Waals surface area contributed by atoms with Gasteiger partial charge in [-0.2, -0.15) is 0 Å². The highest BCUT2D eigenvalue weighted by atomic mass is 16.6. The number of hydroxylamine groups is 1. The minimum Gasteiger partial charge on any atom is -0.481 e. The Labute approximate surface area is 174 Å². The van der Waals surface area contributed by atoms with Gasteiger partial charge in [0.25, 0.3) is 5.91 Å². The molecule has 1 aliphatic rings. The lowest BCUT2D eigenvalue weighted by atomic mass is 9.98. The summed E-state index contributed by atoms with van der Waals surface area (Å²) in [6, 6.07) is 14.8. The average Bonchev–Trinajstić information content (AvgIpc) is 3.07. The molecule has 2 amide bonds. The molecule has 3 N–H and O–H groups in total. The third-order valence-electron chi connectivity index (χ3n) is 4.92. The van der Waals surface area contributed by atoms with Gasteiger partial charge in [0.2, 0.25) is 0 Å². The van der Waals surface area contributed by atoms with Crippen LogP contribution in [0, 0.1) is 0 Å². The zero-order valence-electron chi connectivity index (χ0n) is 16.6. The predicted molar refractivity (Wildman–Crippen MR) is 109 cm³/mol. The lowest BCUT2D eigenvalue weighted by molar-refractivity contribution is -0.138. The van der Waals surface area contributed by atoms with Gasteiger partial charge in [0, 0.05) is 12.3 Å². The second kappa shape index (κ2) is 9.89. The molecular weight excluding hydrogens is 388 g/mol. The SMILES string of the molecule is CCONC(=O)C(CCC(=O)O)NC(=O)OCC1c2ccccc2-c2ccccc21. The molecule has 0 aromatic heterocycles. The maximum absolute atomic E-state index is 12.4. The van der Waals surface area contributed by atoms with Gasteiger partial charge in [-0.25, -0.2) is 10.3 Å². The minimum absolute atomic E-state index is 0.0849. The number of carbonyl (C=O) groups is 3. The van der Waals surface area contributed by atoms with Gasteiger partial charge in [0.15, 0.2) is 0 Å². The van der Waals surface area contributed by atoms with Crippen molar-refractivity contribution in [1.82, 2.24) is 10.8 Å². The van der Waals surface area contributed by atoms with E-state index in [0.717, 1.165) is 22.3 Å². The van der Waals surface area contributed by atoms with E-state index in [2.05, 4.69) is 10.8 Å². The van der Waals surface area contributed by atoms with Crippen LogP contribution in [0.25, 0.3) is 11.1 Å². The van der Waals surface area contributed by atoms with Crippen LogP contribution < -0.4 is 10.8 Å². The third kappa shape index (κ3) is 4.96. The minimum atomic E-state index is -1.08. The lowest BCUT2D eigenvalue weighted by Crippen LogP contribution is -2.47. The average molecular weight is 412 g/mol. The maximum Gasteiger partial charge on any atom is 0.407 e. The second-order valence-corrected chi connectivity index (χ2v) is 6.85. The molecule has 0 heterocycles. The molecule has 158 valence electrons. The first kappa shape index (κ1) is 21.3. The number of amides is 2. The summed E-state index contributed by atoms with van der Waals surface area (Å²) in [5.74, 6) is -1.82. The molecule has 1 atom stereocenters. The van der Waals surface area contributed by atoms with Gasteiger partial charge < -0.3 is 15.2 Å². The summed E-state index contributed by atoms with van der Waals surface area (Å²) in [6.45, 7) is 2.02. The van der Waals surface area contributed by atoms with E-state index in [1.54, 1.807) is 6.92 Å². The number of hydrogen-bond donors (Lipinski definition) is 3. The fraction of sp³-hybridized carbons (Fsp3) is 0.318. The Kier molecular flexibility index (Phi) is 7.03. The van der Waals surface area contributed by atoms with E-state index in [1.165, 1.54) is 0 Å². The standard InChI is InChI=1S/C22H24N2O6/c1-2-30-24-21(27)19(11-12-20(25)26)23-22(28)29-13-18-16-9-5-3-7-14(16)15-8-4-6-10-17(15)18/h3-10,18-19H,2,11-13H2,1H3,(H,23,28)(H,24,27)(H,25,26). The first-order valence-electron chi connectivity index (χ1n) is 9.76. The highest BCUT2D eigenvalue weighted by Gasteiger charge is 2.30. The van der Waals surface area contributed by atoms with Crippen molar-refractivity contribution < 1.29 is 29.1 Å². The van der Waals surface area contributed by atoms with Gasteiger partial charge in [-0.1, -0.05) is 48.5 Å². The molecule has 0 spiro atoms. The number of carboxylic acid groups (broad SMARTS) is 1. The molecule has 8 nitrogen and oxygen atoms in total. The number of aliphatic carboxylic acids is 1. The van der Waals surface area contributed by atoms with Crippen molar-refractivity contribution in [2.75, 3.05) is 13.2 Å². The molecule has 30 heavy (non-hydrogen) atoms. The Bertz CT molecular complexity index is 884. The van der Waals surface area contributed by atoms with E-state index in [-0.39, 0.29) is 32.0 Å². The number of carbonyl (C=O) groups excluding carboxylic acids is 2. The maximum atomic E-state index is 12.4. The fourth-order valence-electron chi connectivity index (χ4n) is 3.53. The highest BCUT2D eigenvalue weighted by Crippen LogP contribution is 2.44. The largest absolute Gasteiger partial charge is 0.481 e. The van der Waals surface area contributed by atoms with Crippen LogP contribution in [0.4, 0.5) is 4.79 Å². The monoisotopic (exact) mass is 412 g/mol. The van der Waals surface area contributed by atoms with Crippen LogP contribution in [0.5, 0.6) is 0 Å². The van der Waals surface area contributed by atoms with E-state index in [0.29, 0.717) is 0 Å². The number of fused-ring (bicyclic) bond motifs is 3. The first-order chi connectivity index (χ1) is 14.5. The molecule has 2 aromatic carbocycles. The van der Waals surface area contributed by atoms with E-state index < -0.39 is 24.0 Å². The van der Waals surface area contributed by atoms with Crippen molar-refractivity contribution in [2.24, 2.45) is 0 Å². The van der Waals surface area contributed by atoms with Crippen LogP contribution in [-0.4, -0.2) is 42.3 Å². The van der Waals surface area contributed by atoms with Crippen molar-refractivity contribution in [3.63, 3.8) is 0 Å². The van der Waals surface area contributed by atoms with Crippen molar-refractivity contribution >= 4 is 18.0 Å². The second-order valence-electron chi connectivity index (χ2n) is 6.85. The summed E-state index contributed by atoms with van der Waals surface area (Å²) >= 11 is 0. The Balaban J connectivity index is 1.65. The Morgan fingerprint density at radius 1 is 1.03 bits per heavy atom. The smallest absolute Gasteiger partial charge is 0.407 e.